The topological polar surface area (TPSA) is 98.4 Å². The van der Waals surface area contributed by atoms with Gasteiger partial charge in [0.1, 0.15) is 18.1 Å². The van der Waals surface area contributed by atoms with Gasteiger partial charge in [0, 0.05) is 18.3 Å². The van der Waals surface area contributed by atoms with E-state index in [9.17, 15) is 10.2 Å². The molecule has 182 valence electrons. The van der Waals surface area contributed by atoms with Crippen LogP contribution in [0.15, 0.2) is 36.5 Å². The van der Waals surface area contributed by atoms with Gasteiger partial charge in [-0.2, -0.15) is 5.26 Å². The molecule has 6 nitrogen and oxygen atoms in total. The van der Waals surface area contributed by atoms with Crippen LogP contribution in [0.2, 0.25) is 0 Å². The first kappa shape index (κ1) is 24.7. The van der Waals surface area contributed by atoms with E-state index in [4.69, 9.17) is 10.00 Å². The quantitative estimate of drug-likeness (QED) is 0.466. The van der Waals surface area contributed by atoms with Gasteiger partial charge in [0.15, 0.2) is 0 Å². The van der Waals surface area contributed by atoms with Crippen molar-refractivity contribution >= 4 is 0 Å². The zero-order valence-corrected chi connectivity index (χ0v) is 19.7. The largest absolute Gasteiger partial charge is 0.393 e. The molecule has 34 heavy (non-hydrogen) atoms. The van der Waals surface area contributed by atoms with E-state index in [0.29, 0.717) is 48.2 Å². The Hall–Kier alpha value is -2.37. The van der Waals surface area contributed by atoms with Crippen LogP contribution >= 0.6 is 0 Å². The molecule has 1 aromatic carbocycles. The molecule has 2 atom stereocenters. The van der Waals surface area contributed by atoms with E-state index >= 15 is 4.39 Å². The molecule has 4 rings (SSSR count). The van der Waals surface area contributed by atoms with Crippen molar-refractivity contribution in [3.63, 3.8) is 0 Å². The van der Waals surface area contributed by atoms with Crippen molar-refractivity contribution in [2.75, 3.05) is 0 Å². The molecule has 2 aromatic rings. The fraction of sp³-hybridized carbons (Fsp3) is 0.556. The number of hydrogen-bond donors (Lipinski definition) is 3. The summed E-state index contributed by atoms with van der Waals surface area (Å²) in [5.74, 6) is -0.286. The number of hydrogen-bond acceptors (Lipinski definition) is 6. The molecule has 2 fully saturated rings. The molecule has 0 aliphatic heterocycles. The molecule has 2 aliphatic rings. The second-order valence-corrected chi connectivity index (χ2v) is 9.64. The highest BCUT2D eigenvalue weighted by Crippen LogP contribution is 2.42. The molecule has 7 heteroatoms. The van der Waals surface area contributed by atoms with Crippen LogP contribution in [0.1, 0.15) is 86.9 Å². The summed E-state index contributed by atoms with van der Waals surface area (Å²) in [5.41, 5.74) is 1.13. The van der Waals surface area contributed by atoms with E-state index in [1.54, 1.807) is 18.2 Å². The van der Waals surface area contributed by atoms with Crippen molar-refractivity contribution in [1.82, 2.24) is 10.3 Å². The molecule has 0 radical (unpaired) electrons. The lowest BCUT2D eigenvalue weighted by Gasteiger charge is -2.39. The standard InChI is InChI=1S/C27H34FN3O3/c1-2-27(33,19-6-4-3-5-7-19)20-9-11-24(25(28)12-20)26(34-23-13-22(32)14-23)31-17-21-10-8-18(15-29)16-30-21/h8-12,16,19,22-23,26,31-33H,2-7,13-14,17H2,1H3/t22-,23+,26-,27?/m1/s1. The van der Waals surface area contributed by atoms with Gasteiger partial charge in [-0.25, -0.2) is 4.39 Å². The number of rotatable bonds is 9. The lowest BCUT2D eigenvalue weighted by atomic mass is 9.72. The smallest absolute Gasteiger partial charge is 0.137 e. The Bertz CT molecular complexity index is 997. The first-order chi connectivity index (χ1) is 16.4. The Morgan fingerprint density at radius 2 is 2.00 bits per heavy atom. The third kappa shape index (κ3) is 5.47. The molecule has 2 aliphatic carbocycles. The number of aliphatic hydroxyl groups excluding tert-OH is 1. The number of aliphatic hydroxyl groups is 2. The van der Waals surface area contributed by atoms with Crippen molar-refractivity contribution in [3.05, 3.63) is 64.7 Å². The van der Waals surface area contributed by atoms with Crippen molar-refractivity contribution < 1.29 is 19.3 Å². The third-order valence-corrected chi connectivity index (χ3v) is 7.42. The predicted molar refractivity (Wildman–Crippen MR) is 126 cm³/mol. The van der Waals surface area contributed by atoms with Gasteiger partial charge in [0.05, 0.1) is 29.1 Å². The zero-order chi connectivity index (χ0) is 24.1. The second kappa shape index (κ2) is 10.9. The molecule has 0 amide bonds. The molecular weight excluding hydrogens is 433 g/mol. The van der Waals surface area contributed by atoms with E-state index in [-0.39, 0.29) is 18.1 Å². The van der Waals surface area contributed by atoms with Crippen LogP contribution in [0.4, 0.5) is 4.39 Å². The Labute approximate surface area is 200 Å². The second-order valence-electron chi connectivity index (χ2n) is 9.64. The molecule has 0 saturated heterocycles. The van der Waals surface area contributed by atoms with Crippen molar-refractivity contribution in [1.29, 1.82) is 5.26 Å². The maximum atomic E-state index is 15.5. The van der Waals surface area contributed by atoms with Crippen LogP contribution in [0.25, 0.3) is 0 Å². The minimum atomic E-state index is -1.03. The molecule has 1 heterocycles. The summed E-state index contributed by atoms with van der Waals surface area (Å²) in [4.78, 5) is 4.26. The van der Waals surface area contributed by atoms with Gasteiger partial charge in [-0.15, -0.1) is 0 Å². The zero-order valence-electron chi connectivity index (χ0n) is 19.7. The normalized spacial score (nSPS) is 23.5. The molecule has 0 spiro atoms. The van der Waals surface area contributed by atoms with Gasteiger partial charge in [0.2, 0.25) is 0 Å². The van der Waals surface area contributed by atoms with Crippen LogP contribution in [-0.4, -0.2) is 27.4 Å². The van der Waals surface area contributed by atoms with Gasteiger partial charge in [0.25, 0.3) is 0 Å². The fourth-order valence-corrected chi connectivity index (χ4v) is 5.18. The lowest BCUT2D eigenvalue weighted by Crippen LogP contribution is -2.39. The van der Waals surface area contributed by atoms with E-state index in [1.807, 2.05) is 19.1 Å². The Kier molecular flexibility index (Phi) is 7.95. The fourth-order valence-electron chi connectivity index (χ4n) is 5.18. The van der Waals surface area contributed by atoms with Crippen molar-refractivity contribution in [2.45, 2.75) is 88.9 Å². The summed E-state index contributed by atoms with van der Waals surface area (Å²) in [6.45, 7) is 2.29. The summed E-state index contributed by atoms with van der Waals surface area (Å²) in [6, 6.07) is 10.5. The molecule has 0 bridgehead atoms. The number of nitrogens with one attached hydrogen (secondary N) is 1. The van der Waals surface area contributed by atoms with E-state index in [0.717, 1.165) is 25.7 Å². The average molecular weight is 468 g/mol. The number of aromatic nitrogens is 1. The highest BCUT2D eigenvalue weighted by atomic mass is 19.1. The lowest BCUT2D eigenvalue weighted by molar-refractivity contribution is -0.116. The number of halogens is 1. The summed E-state index contributed by atoms with van der Waals surface area (Å²) >= 11 is 0. The van der Waals surface area contributed by atoms with Gasteiger partial charge < -0.3 is 14.9 Å². The molecular formula is C27H34FN3O3. The van der Waals surface area contributed by atoms with Gasteiger partial charge in [-0.1, -0.05) is 38.3 Å². The van der Waals surface area contributed by atoms with E-state index in [2.05, 4.69) is 10.3 Å². The van der Waals surface area contributed by atoms with E-state index < -0.39 is 17.6 Å². The average Bonchev–Trinajstić information content (AvgIpc) is 2.85. The third-order valence-electron chi connectivity index (χ3n) is 7.42. The first-order valence-electron chi connectivity index (χ1n) is 12.4. The highest BCUT2D eigenvalue weighted by Gasteiger charge is 2.38. The van der Waals surface area contributed by atoms with Gasteiger partial charge in [-0.3, -0.25) is 10.3 Å². The predicted octanol–water partition coefficient (Wildman–Crippen LogP) is 4.60. The van der Waals surface area contributed by atoms with Crippen LogP contribution in [0.3, 0.4) is 0 Å². The summed E-state index contributed by atoms with van der Waals surface area (Å²) < 4.78 is 21.6. The minimum Gasteiger partial charge on any atom is -0.393 e. The Morgan fingerprint density at radius 1 is 1.24 bits per heavy atom. The number of nitriles is 1. The Morgan fingerprint density at radius 3 is 2.59 bits per heavy atom. The van der Waals surface area contributed by atoms with Crippen LogP contribution in [-0.2, 0) is 16.9 Å². The maximum Gasteiger partial charge on any atom is 0.137 e. The van der Waals surface area contributed by atoms with Crippen molar-refractivity contribution in [2.24, 2.45) is 5.92 Å². The maximum absolute atomic E-state index is 15.5. The van der Waals surface area contributed by atoms with Crippen molar-refractivity contribution in [3.8, 4) is 6.07 Å². The molecule has 2 saturated carbocycles. The first-order valence-corrected chi connectivity index (χ1v) is 12.4. The van der Waals surface area contributed by atoms with Crippen LogP contribution in [0.5, 0.6) is 0 Å². The Balaban J connectivity index is 1.54. The number of ether oxygens (including phenoxy) is 1. The van der Waals surface area contributed by atoms with Crippen LogP contribution < -0.4 is 5.32 Å². The van der Waals surface area contributed by atoms with E-state index in [1.165, 1.54) is 18.7 Å². The molecule has 1 unspecified atom stereocenters. The monoisotopic (exact) mass is 467 g/mol. The number of benzene rings is 1. The highest BCUT2D eigenvalue weighted by molar-refractivity contribution is 5.31. The number of nitrogens with zero attached hydrogens (tertiary/aromatic N) is 2. The molecule has 1 aromatic heterocycles. The summed E-state index contributed by atoms with van der Waals surface area (Å²) in [6.07, 6.45) is 7.13. The summed E-state index contributed by atoms with van der Waals surface area (Å²) in [7, 11) is 0. The van der Waals surface area contributed by atoms with Gasteiger partial charge >= 0.3 is 0 Å². The minimum absolute atomic E-state index is 0.139. The van der Waals surface area contributed by atoms with Crippen LogP contribution in [0, 0.1) is 23.1 Å². The SMILES string of the molecule is CCC(O)(c1ccc([C@H](NCc2ccc(C#N)cn2)O[C@H]2C[C@@H](O)C2)c(F)c1)C1CCCCC1. The number of pyridine rings is 1. The summed E-state index contributed by atoms with van der Waals surface area (Å²) in [5, 5.41) is 33.3. The molecule has 3 N–H and O–H groups in total. The van der Waals surface area contributed by atoms with Gasteiger partial charge in [-0.05, 0) is 61.8 Å².